The molecule has 104 valence electrons. The van der Waals surface area contributed by atoms with E-state index in [1.807, 2.05) is 31.2 Å². The molecule has 0 heterocycles. The fourth-order valence-electron chi connectivity index (χ4n) is 2.80. The van der Waals surface area contributed by atoms with Crippen LogP contribution in [0.15, 0.2) is 60.7 Å². The zero-order valence-corrected chi connectivity index (χ0v) is 11.8. The predicted molar refractivity (Wildman–Crippen MR) is 85.7 cm³/mol. The average molecular weight is 276 g/mol. The normalized spacial score (nSPS) is 10.7. The molecule has 0 aromatic heterocycles. The molecule has 0 saturated heterocycles. The van der Waals surface area contributed by atoms with Gasteiger partial charge in [-0.1, -0.05) is 55.5 Å². The van der Waals surface area contributed by atoms with E-state index < -0.39 is 5.97 Å². The fourth-order valence-corrected chi connectivity index (χ4v) is 2.80. The van der Waals surface area contributed by atoms with Gasteiger partial charge < -0.3 is 5.11 Å². The Morgan fingerprint density at radius 2 is 1.71 bits per heavy atom. The lowest BCUT2D eigenvalue weighted by Crippen LogP contribution is -2.03. The van der Waals surface area contributed by atoms with Crippen LogP contribution in [0.3, 0.4) is 0 Å². The highest BCUT2D eigenvalue weighted by atomic mass is 16.4. The fraction of sp³-hybridized carbons (Fsp3) is 0.105. The highest BCUT2D eigenvalue weighted by Gasteiger charge is 2.13. The van der Waals surface area contributed by atoms with Crippen molar-refractivity contribution in [3.8, 4) is 11.1 Å². The molecule has 0 radical (unpaired) electrons. The summed E-state index contributed by atoms with van der Waals surface area (Å²) >= 11 is 0. The molecule has 0 spiro atoms. The number of carboxylic acids is 1. The van der Waals surface area contributed by atoms with E-state index in [2.05, 4.69) is 30.3 Å². The van der Waals surface area contributed by atoms with Gasteiger partial charge in [0, 0.05) is 0 Å². The molecule has 0 bridgehead atoms. The molecular formula is C19H16O2. The predicted octanol–water partition coefficient (Wildman–Crippen LogP) is 4.77. The third-order valence-electron chi connectivity index (χ3n) is 3.82. The Balaban J connectivity index is 2.22. The molecule has 0 unspecified atom stereocenters. The van der Waals surface area contributed by atoms with Crippen molar-refractivity contribution in [2.45, 2.75) is 13.3 Å². The molecule has 0 aliphatic carbocycles. The van der Waals surface area contributed by atoms with Gasteiger partial charge in [-0.3, -0.25) is 0 Å². The molecule has 0 fully saturated rings. The molecule has 0 amide bonds. The summed E-state index contributed by atoms with van der Waals surface area (Å²) in [4.78, 5) is 11.4. The number of hydrogen-bond donors (Lipinski definition) is 1. The molecule has 1 N–H and O–H groups in total. The lowest BCUT2D eigenvalue weighted by atomic mass is 9.92. The first-order valence-electron chi connectivity index (χ1n) is 7.05. The largest absolute Gasteiger partial charge is 0.478 e. The minimum absolute atomic E-state index is 0.392. The zero-order chi connectivity index (χ0) is 14.8. The van der Waals surface area contributed by atoms with Crippen molar-refractivity contribution in [3.63, 3.8) is 0 Å². The van der Waals surface area contributed by atoms with Crippen molar-refractivity contribution in [3.05, 3.63) is 71.8 Å². The highest BCUT2D eigenvalue weighted by molar-refractivity contribution is 5.93. The van der Waals surface area contributed by atoms with Crippen LogP contribution < -0.4 is 0 Å². The first-order chi connectivity index (χ1) is 10.2. The minimum atomic E-state index is -0.866. The van der Waals surface area contributed by atoms with Crippen molar-refractivity contribution in [2.75, 3.05) is 0 Å². The molecule has 0 atom stereocenters. The van der Waals surface area contributed by atoms with Crippen LogP contribution in [0.2, 0.25) is 0 Å². The van der Waals surface area contributed by atoms with Crippen LogP contribution in [0, 0.1) is 0 Å². The second-order valence-electron chi connectivity index (χ2n) is 5.05. The summed E-state index contributed by atoms with van der Waals surface area (Å²) < 4.78 is 0. The molecule has 3 rings (SSSR count). The van der Waals surface area contributed by atoms with Gasteiger partial charge in [0.15, 0.2) is 0 Å². The number of rotatable bonds is 3. The van der Waals surface area contributed by atoms with E-state index in [9.17, 15) is 9.90 Å². The van der Waals surface area contributed by atoms with Gasteiger partial charge in [-0.05, 0) is 46.0 Å². The zero-order valence-electron chi connectivity index (χ0n) is 11.8. The summed E-state index contributed by atoms with van der Waals surface area (Å²) in [5, 5.41) is 11.7. The van der Waals surface area contributed by atoms with Crippen LogP contribution in [0.1, 0.15) is 22.8 Å². The SMILES string of the molecule is CCc1c(C(=O)O)cccc1-c1ccc2ccccc2c1. The van der Waals surface area contributed by atoms with E-state index in [0.29, 0.717) is 12.0 Å². The van der Waals surface area contributed by atoms with Crippen LogP contribution in [0.4, 0.5) is 0 Å². The maximum atomic E-state index is 11.4. The topological polar surface area (TPSA) is 37.3 Å². The number of aromatic carboxylic acids is 1. The van der Waals surface area contributed by atoms with Gasteiger partial charge in [0.1, 0.15) is 0 Å². The Morgan fingerprint density at radius 1 is 0.952 bits per heavy atom. The van der Waals surface area contributed by atoms with Gasteiger partial charge in [0.25, 0.3) is 0 Å². The molecule has 2 heteroatoms. The Morgan fingerprint density at radius 3 is 2.43 bits per heavy atom. The number of benzene rings is 3. The standard InChI is InChI=1S/C19H16O2/c1-2-16-17(8-5-9-18(16)19(20)21)15-11-10-13-6-3-4-7-14(13)12-15/h3-12H,2H2,1H3,(H,20,21). The number of hydrogen-bond acceptors (Lipinski definition) is 1. The van der Waals surface area contributed by atoms with Crippen molar-refractivity contribution in [1.29, 1.82) is 0 Å². The average Bonchev–Trinajstić information content (AvgIpc) is 2.53. The third-order valence-corrected chi connectivity index (χ3v) is 3.82. The Kier molecular flexibility index (Phi) is 3.44. The summed E-state index contributed by atoms with van der Waals surface area (Å²) in [6.45, 7) is 1.99. The van der Waals surface area contributed by atoms with Crippen LogP contribution in [0.25, 0.3) is 21.9 Å². The van der Waals surface area contributed by atoms with Crippen LogP contribution in [-0.2, 0) is 6.42 Å². The van der Waals surface area contributed by atoms with Crippen molar-refractivity contribution in [1.82, 2.24) is 0 Å². The maximum Gasteiger partial charge on any atom is 0.335 e. The van der Waals surface area contributed by atoms with Gasteiger partial charge in [-0.15, -0.1) is 0 Å². The molecular weight excluding hydrogens is 260 g/mol. The van der Waals surface area contributed by atoms with Crippen LogP contribution >= 0.6 is 0 Å². The van der Waals surface area contributed by atoms with E-state index in [1.54, 1.807) is 6.07 Å². The van der Waals surface area contributed by atoms with E-state index in [1.165, 1.54) is 5.39 Å². The van der Waals surface area contributed by atoms with E-state index in [4.69, 9.17) is 0 Å². The first-order valence-corrected chi connectivity index (χ1v) is 7.05. The van der Waals surface area contributed by atoms with Crippen molar-refractivity contribution >= 4 is 16.7 Å². The lowest BCUT2D eigenvalue weighted by molar-refractivity contribution is 0.0696. The molecule has 3 aromatic carbocycles. The molecule has 3 aromatic rings. The second-order valence-corrected chi connectivity index (χ2v) is 5.05. The lowest BCUT2D eigenvalue weighted by Gasteiger charge is -2.12. The maximum absolute atomic E-state index is 11.4. The number of carbonyl (C=O) groups is 1. The summed E-state index contributed by atoms with van der Waals surface area (Å²) in [5.41, 5.74) is 3.35. The third kappa shape index (κ3) is 2.40. The summed E-state index contributed by atoms with van der Waals surface area (Å²) in [7, 11) is 0. The van der Waals surface area contributed by atoms with Gasteiger partial charge in [-0.2, -0.15) is 0 Å². The Labute approximate surface area is 123 Å². The van der Waals surface area contributed by atoms with Gasteiger partial charge >= 0.3 is 5.97 Å². The number of fused-ring (bicyclic) bond motifs is 1. The minimum Gasteiger partial charge on any atom is -0.478 e. The molecule has 0 aliphatic rings. The van der Waals surface area contributed by atoms with Gasteiger partial charge in [-0.25, -0.2) is 4.79 Å². The molecule has 0 saturated carbocycles. The van der Waals surface area contributed by atoms with Gasteiger partial charge in [0.2, 0.25) is 0 Å². The van der Waals surface area contributed by atoms with E-state index in [0.717, 1.165) is 22.1 Å². The Bertz CT molecular complexity index is 819. The van der Waals surface area contributed by atoms with E-state index in [-0.39, 0.29) is 0 Å². The van der Waals surface area contributed by atoms with Crippen molar-refractivity contribution in [2.24, 2.45) is 0 Å². The summed E-state index contributed by atoms with van der Waals surface area (Å²) in [6, 6.07) is 19.9. The molecule has 0 aliphatic heterocycles. The van der Waals surface area contributed by atoms with Crippen LogP contribution in [-0.4, -0.2) is 11.1 Å². The van der Waals surface area contributed by atoms with Crippen LogP contribution in [0.5, 0.6) is 0 Å². The summed E-state index contributed by atoms with van der Waals surface area (Å²) in [6.07, 6.45) is 0.699. The molecule has 2 nitrogen and oxygen atoms in total. The monoisotopic (exact) mass is 276 g/mol. The molecule has 21 heavy (non-hydrogen) atoms. The highest BCUT2D eigenvalue weighted by Crippen LogP contribution is 2.29. The van der Waals surface area contributed by atoms with E-state index >= 15 is 0 Å². The second kappa shape index (κ2) is 5.41. The Hall–Kier alpha value is -2.61. The smallest absolute Gasteiger partial charge is 0.335 e. The van der Waals surface area contributed by atoms with Crippen molar-refractivity contribution < 1.29 is 9.90 Å². The summed E-state index contributed by atoms with van der Waals surface area (Å²) in [5.74, 6) is -0.866. The van der Waals surface area contributed by atoms with Gasteiger partial charge in [0.05, 0.1) is 5.56 Å². The first kappa shape index (κ1) is 13.4. The number of carboxylic acid groups (broad SMARTS) is 1. The quantitative estimate of drug-likeness (QED) is 0.748.